The zero-order chi connectivity index (χ0) is 15.4. The highest BCUT2D eigenvalue weighted by Gasteiger charge is 2.19. The lowest BCUT2D eigenvalue weighted by Gasteiger charge is -2.26. The Kier molecular flexibility index (Phi) is 4.65. The molecule has 3 rings (SSSR count). The first-order valence-electron chi connectivity index (χ1n) is 6.94. The van der Waals surface area contributed by atoms with E-state index in [-0.39, 0.29) is 5.91 Å². The highest BCUT2D eigenvalue weighted by Crippen LogP contribution is 2.17. The SMILES string of the molecule is O=C(c1cnc(Nc2ccc(Br)cc2)nc1)N1CCOCC1. The Morgan fingerprint density at radius 2 is 1.77 bits per heavy atom. The molecule has 0 unspecified atom stereocenters. The van der Waals surface area contributed by atoms with Crippen molar-refractivity contribution in [1.29, 1.82) is 0 Å². The molecule has 1 aliphatic heterocycles. The van der Waals surface area contributed by atoms with E-state index in [4.69, 9.17) is 4.74 Å². The molecule has 2 aromatic rings. The number of benzene rings is 1. The summed E-state index contributed by atoms with van der Waals surface area (Å²) in [6, 6.07) is 7.69. The van der Waals surface area contributed by atoms with Gasteiger partial charge in [-0.05, 0) is 24.3 Å². The Labute approximate surface area is 136 Å². The topological polar surface area (TPSA) is 67.4 Å². The van der Waals surface area contributed by atoms with Gasteiger partial charge in [-0.15, -0.1) is 0 Å². The fourth-order valence-electron chi connectivity index (χ4n) is 2.11. The largest absolute Gasteiger partial charge is 0.378 e. The van der Waals surface area contributed by atoms with Gasteiger partial charge in [-0.1, -0.05) is 15.9 Å². The van der Waals surface area contributed by atoms with E-state index in [9.17, 15) is 4.79 Å². The van der Waals surface area contributed by atoms with Gasteiger partial charge in [0.15, 0.2) is 0 Å². The minimum Gasteiger partial charge on any atom is -0.378 e. The van der Waals surface area contributed by atoms with Crippen LogP contribution in [0.15, 0.2) is 41.1 Å². The second kappa shape index (κ2) is 6.85. The van der Waals surface area contributed by atoms with Crippen LogP contribution >= 0.6 is 15.9 Å². The molecule has 2 heterocycles. The van der Waals surface area contributed by atoms with Gasteiger partial charge in [-0.2, -0.15) is 0 Å². The van der Waals surface area contributed by atoms with Crippen LogP contribution in [-0.4, -0.2) is 47.1 Å². The molecule has 1 fully saturated rings. The predicted molar refractivity (Wildman–Crippen MR) is 86.2 cm³/mol. The first kappa shape index (κ1) is 14.9. The van der Waals surface area contributed by atoms with E-state index in [1.807, 2.05) is 24.3 Å². The molecule has 1 aromatic carbocycles. The first-order chi connectivity index (χ1) is 10.7. The van der Waals surface area contributed by atoms with Crippen LogP contribution in [0.2, 0.25) is 0 Å². The second-order valence-electron chi connectivity index (χ2n) is 4.83. The van der Waals surface area contributed by atoms with Gasteiger partial charge in [-0.25, -0.2) is 9.97 Å². The zero-order valence-corrected chi connectivity index (χ0v) is 13.4. The number of rotatable bonds is 3. The molecule has 7 heteroatoms. The number of halogens is 1. The summed E-state index contributed by atoms with van der Waals surface area (Å²) >= 11 is 3.38. The van der Waals surface area contributed by atoms with E-state index in [1.54, 1.807) is 17.3 Å². The summed E-state index contributed by atoms with van der Waals surface area (Å²) in [5.41, 5.74) is 1.37. The molecule has 0 saturated carbocycles. The van der Waals surface area contributed by atoms with Crippen LogP contribution in [0.1, 0.15) is 10.4 Å². The van der Waals surface area contributed by atoms with Crippen LogP contribution in [0.5, 0.6) is 0 Å². The maximum absolute atomic E-state index is 12.3. The normalized spacial score (nSPS) is 14.7. The number of carbonyl (C=O) groups excluding carboxylic acids is 1. The molecule has 1 amide bonds. The fourth-order valence-corrected chi connectivity index (χ4v) is 2.38. The van der Waals surface area contributed by atoms with Crippen molar-refractivity contribution >= 4 is 33.5 Å². The standard InChI is InChI=1S/C15H15BrN4O2/c16-12-1-3-13(4-2-12)19-15-17-9-11(10-18-15)14(21)20-5-7-22-8-6-20/h1-4,9-10H,5-8H2,(H,17,18,19). The molecule has 6 nitrogen and oxygen atoms in total. The molecule has 0 bridgehead atoms. The molecular weight excluding hydrogens is 348 g/mol. The number of amides is 1. The van der Waals surface area contributed by atoms with Gasteiger partial charge in [0.2, 0.25) is 5.95 Å². The summed E-state index contributed by atoms with van der Waals surface area (Å²) in [6.45, 7) is 2.38. The van der Waals surface area contributed by atoms with E-state index in [0.717, 1.165) is 10.2 Å². The molecule has 1 aliphatic rings. The highest BCUT2D eigenvalue weighted by molar-refractivity contribution is 9.10. The number of ether oxygens (including phenoxy) is 1. The lowest BCUT2D eigenvalue weighted by atomic mass is 10.3. The summed E-state index contributed by atoms with van der Waals surface area (Å²) in [4.78, 5) is 22.4. The van der Waals surface area contributed by atoms with Crippen LogP contribution in [0, 0.1) is 0 Å². The third-order valence-corrected chi connectivity index (χ3v) is 3.83. The summed E-state index contributed by atoms with van der Waals surface area (Å²) < 4.78 is 6.25. The average Bonchev–Trinajstić information content (AvgIpc) is 2.58. The number of hydrogen-bond acceptors (Lipinski definition) is 5. The Bertz CT molecular complexity index is 640. The predicted octanol–water partition coefficient (Wildman–Crippen LogP) is 2.46. The number of carbonyl (C=O) groups is 1. The van der Waals surface area contributed by atoms with Crippen molar-refractivity contribution in [1.82, 2.24) is 14.9 Å². The third kappa shape index (κ3) is 3.61. The van der Waals surface area contributed by atoms with Crippen molar-refractivity contribution < 1.29 is 9.53 Å². The molecule has 0 radical (unpaired) electrons. The minimum atomic E-state index is -0.0570. The summed E-state index contributed by atoms with van der Waals surface area (Å²) in [5, 5.41) is 3.09. The van der Waals surface area contributed by atoms with Crippen molar-refractivity contribution in [3.8, 4) is 0 Å². The number of nitrogens with zero attached hydrogens (tertiary/aromatic N) is 3. The van der Waals surface area contributed by atoms with Crippen molar-refractivity contribution in [2.75, 3.05) is 31.6 Å². The Hall–Kier alpha value is -1.99. The second-order valence-corrected chi connectivity index (χ2v) is 5.75. The average molecular weight is 363 g/mol. The third-order valence-electron chi connectivity index (χ3n) is 3.30. The summed E-state index contributed by atoms with van der Waals surface area (Å²) in [6.07, 6.45) is 3.10. The smallest absolute Gasteiger partial charge is 0.257 e. The molecular formula is C15H15BrN4O2. The van der Waals surface area contributed by atoms with E-state index in [0.29, 0.717) is 37.8 Å². The van der Waals surface area contributed by atoms with Crippen LogP contribution < -0.4 is 5.32 Å². The molecule has 1 N–H and O–H groups in total. The van der Waals surface area contributed by atoms with E-state index in [2.05, 4.69) is 31.2 Å². The van der Waals surface area contributed by atoms with Gasteiger partial charge < -0.3 is 15.0 Å². The first-order valence-corrected chi connectivity index (χ1v) is 7.73. The van der Waals surface area contributed by atoms with Crippen LogP contribution in [-0.2, 0) is 4.74 Å². The minimum absolute atomic E-state index is 0.0570. The Morgan fingerprint density at radius 1 is 1.14 bits per heavy atom. The van der Waals surface area contributed by atoms with Crippen LogP contribution in [0.3, 0.4) is 0 Å². The lowest BCUT2D eigenvalue weighted by Crippen LogP contribution is -2.40. The summed E-state index contributed by atoms with van der Waals surface area (Å²) in [7, 11) is 0. The van der Waals surface area contributed by atoms with Crippen molar-refractivity contribution in [2.24, 2.45) is 0 Å². The molecule has 0 atom stereocenters. The van der Waals surface area contributed by atoms with E-state index >= 15 is 0 Å². The quantitative estimate of drug-likeness (QED) is 0.908. The molecule has 0 spiro atoms. The number of anilines is 2. The molecule has 1 aromatic heterocycles. The van der Waals surface area contributed by atoms with Crippen LogP contribution in [0.4, 0.5) is 11.6 Å². The molecule has 0 aliphatic carbocycles. The van der Waals surface area contributed by atoms with E-state index in [1.165, 1.54) is 0 Å². The Morgan fingerprint density at radius 3 is 2.41 bits per heavy atom. The number of morpholine rings is 1. The fraction of sp³-hybridized carbons (Fsp3) is 0.267. The van der Waals surface area contributed by atoms with Crippen molar-refractivity contribution in [3.05, 3.63) is 46.7 Å². The van der Waals surface area contributed by atoms with Crippen molar-refractivity contribution in [3.63, 3.8) is 0 Å². The van der Waals surface area contributed by atoms with Crippen molar-refractivity contribution in [2.45, 2.75) is 0 Å². The highest BCUT2D eigenvalue weighted by atomic mass is 79.9. The van der Waals surface area contributed by atoms with Gasteiger partial charge in [0.25, 0.3) is 5.91 Å². The molecule has 22 heavy (non-hydrogen) atoms. The van der Waals surface area contributed by atoms with Gasteiger partial charge in [-0.3, -0.25) is 4.79 Å². The van der Waals surface area contributed by atoms with Gasteiger partial charge in [0.05, 0.1) is 18.8 Å². The van der Waals surface area contributed by atoms with Gasteiger partial charge >= 0.3 is 0 Å². The maximum atomic E-state index is 12.3. The summed E-state index contributed by atoms with van der Waals surface area (Å²) in [5.74, 6) is 0.402. The van der Waals surface area contributed by atoms with E-state index < -0.39 is 0 Å². The van der Waals surface area contributed by atoms with Gasteiger partial charge in [0, 0.05) is 35.6 Å². The molecule has 114 valence electrons. The maximum Gasteiger partial charge on any atom is 0.257 e. The lowest BCUT2D eigenvalue weighted by molar-refractivity contribution is 0.0302. The Balaban J connectivity index is 1.66. The monoisotopic (exact) mass is 362 g/mol. The number of aromatic nitrogens is 2. The van der Waals surface area contributed by atoms with Gasteiger partial charge in [0.1, 0.15) is 0 Å². The number of hydrogen-bond donors (Lipinski definition) is 1. The number of nitrogens with one attached hydrogen (secondary N) is 1. The van der Waals surface area contributed by atoms with Crippen LogP contribution in [0.25, 0.3) is 0 Å². The molecule has 1 saturated heterocycles. The zero-order valence-electron chi connectivity index (χ0n) is 11.8.